The van der Waals surface area contributed by atoms with Crippen molar-refractivity contribution in [2.24, 2.45) is 5.92 Å². The van der Waals surface area contributed by atoms with Crippen LogP contribution in [0, 0.1) is 5.92 Å². The summed E-state index contributed by atoms with van der Waals surface area (Å²) in [6, 6.07) is 6.94. The maximum absolute atomic E-state index is 12.2. The van der Waals surface area contributed by atoms with Gasteiger partial charge in [-0.2, -0.15) is 0 Å². The Bertz CT molecular complexity index is 535. The average Bonchev–Trinajstić information content (AvgIpc) is 2.81. The fourth-order valence-corrected chi connectivity index (χ4v) is 2.67. The van der Waals surface area contributed by atoms with E-state index in [-0.39, 0.29) is 30.2 Å². The van der Waals surface area contributed by atoms with Gasteiger partial charge in [0.05, 0.1) is 18.6 Å². The highest BCUT2D eigenvalue weighted by Crippen LogP contribution is 2.23. The highest BCUT2D eigenvalue weighted by Gasteiger charge is 2.36. The molecule has 0 spiro atoms. The lowest BCUT2D eigenvalue weighted by atomic mass is 10.1. The number of methoxy groups -OCH3 is 1. The van der Waals surface area contributed by atoms with Crippen LogP contribution >= 0.6 is 11.6 Å². The van der Waals surface area contributed by atoms with Gasteiger partial charge in [0.15, 0.2) is 0 Å². The molecule has 1 aliphatic heterocycles. The van der Waals surface area contributed by atoms with Crippen molar-refractivity contribution in [1.29, 1.82) is 0 Å². The zero-order valence-corrected chi connectivity index (χ0v) is 12.9. The molecule has 0 saturated carbocycles. The molecule has 0 aliphatic carbocycles. The van der Waals surface area contributed by atoms with Crippen LogP contribution in [0.5, 0.6) is 0 Å². The van der Waals surface area contributed by atoms with Gasteiger partial charge in [-0.3, -0.25) is 9.59 Å². The zero-order valence-electron chi connectivity index (χ0n) is 12.1. The molecule has 1 saturated heterocycles. The van der Waals surface area contributed by atoms with Crippen molar-refractivity contribution in [3.05, 3.63) is 29.3 Å². The Kier molecular flexibility index (Phi) is 5.20. The second-order valence-corrected chi connectivity index (χ2v) is 5.69. The van der Waals surface area contributed by atoms with Gasteiger partial charge < -0.3 is 15.0 Å². The first-order chi connectivity index (χ1) is 10.0. The molecule has 1 N–H and O–H groups in total. The molecule has 1 aliphatic rings. The van der Waals surface area contributed by atoms with E-state index in [1.807, 2.05) is 6.92 Å². The molecule has 2 atom stereocenters. The van der Waals surface area contributed by atoms with Crippen molar-refractivity contribution < 1.29 is 14.3 Å². The fourth-order valence-electron chi connectivity index (χ4n) is 2.47. The molecule has 2 rings (SSSR count). The maximum atomic E-state index is 12.2. The summed E-state index contributed by atoms with van der Waals surface area (Å²) >= 11 is 5.88. The normalized spacial score (nSPS) is 19.7. The molecule has 2 amide bonds. The molecular formula is C15H19ClN2O3. The largest absolute Gasteiger partial charge is 0.383 e. The standard InChI is InChI=1S/C15H19ClN2O3/c1-10(9-21-2)18-8-11(6-14(18)19)15(20)17-13-5-3-4-12(16)7-13/h3-5,7,10-11H,6,8-9H2,1-2H3,(H,17,20). The van der Waals surface area contributed by atoms with Gasteiger partial charge in [-0.05, 0) is 25.1 Å². The topological polar surface area (TPSA) is 58.6 Å². The van der Waals surface area contributed by atoms with E-state index >= 15 is 0 Å². The van der Waals surface area contributed by atoms with Gasteiger partial charge in [-0.15, -0.1) is 0 Å². The highest BCUT2D eigenvalue weighted by atomic mass is 35.5. The predicted octanol–water partition coefficient (Wildman–Crippen LogP) is 2.16. The number of rotatable bonds is 5. The minimum Gasteiger partial charge on any atom is -0.383 e. The van der Waals surface area contributed by atoms with E-state index < -0.39 is 0 Å². The number of carbonyl (C=O) groups is 2. The number of carbonyl (C=O) groups excluding carboxylic acids is 2. The summed E-state index contributed by atoms with van der Waals surface area (Å²) in [7, 11) is 1.60. The molecular weight excluding hydrogens is 292 g/mol. The minimum atomic E-state index is -0.337. The van der Waals surface area contributed by atoms with Crippen LogP contribution in [0.3, 0.4) is 0 Å². The predicted molar refractivity (Wildman–Crippen MR) is 81.2 cm³/mol. The van der Waals surface area contributed by atoms with Crippen LogP contribution in [-0.4, -0.2) is 43.0 Å². The number of nitrogens with zero attached hydrogens (tertiary/aromatic N) is 1. The summed E-state index contributed by atoms with van der Waals surface area (Å²) < 4.78 is 5.06. The molecule has 0 bridgehead atoms. The Morgan fingerprint density at radius 3 is 3.00 bits per heavy atom. The lowest BCUT2D eigenvalue weighted by Crippen LogP contribution is -2.38. The lowest BCUT2D eigenvalue weighted by molar-refractivity contribution is -0.130. The minimum absolute atomic E-state index is 0.00852. The number of ether oxygens (including phenoxy) is 1. The van der Waals surface area contributed by atoms with Crippen molar-refractivity contribution in [3.63, 3.8) is 0 Å². The first-order valence-electron chi connectivity index (χ1n) is 6.86. The van der Waals surface area contributed by atoms with E-state index in [1.54, 1.807) is 36.3 Å². The fraction of sp³-hybridized carbons (Fsp3) is 0.467. The first-order valence-corrected chi connectivity index (χ1v) is 7.24. The van der Waals surface area contributed by atoms with Crippen molar-refractivity contribution in [2.75, 3.05) is 25.6 Å². The second-order valence-electron chi connectivity index (χ2n) is 5.25. The Morgan fingerprint density at radius 1 is 1.57 bits per heavy atom. The number of halogens is 1. The third kappa shape index (κ3) is 3.95. The van der Waals surface area contributed by atoms with Gasteiger partial charge >= 0.3 is 0 Å². The van der Waals surface area contributed by atoms with Crippen LogP contribution in [-0.2, 0) is 14.3 Å². The number of likely N-dealkylation sites (tertiary alicyclic amines) is 1. The molecule has 1 aromatic rings. The number of anilines is 1. The molecule has 1 heterocycles. The van der Waals surface area contributed by atoms with Gasteiger partial charge in [-0.1, -0.05) is 17.7 Å². The van der Waals surface area contributed by atoms with Crippen molar-refractivity contribution >= 4 is 29.1 Å². The molecule has 1 fully saturated rings. The highest BCUT2D eigenvalue weighted by molar-refractivity contribution is 6.30. The van der Waals surface area contributed by atoms with E-state index in [0.29, 0.717) is 23.9 Å². The molecule has 0 radical (unpaired) electrons. The summed E-state index contributed by atoms with van der Waals surface area (Å²) in [4.78, 5) is 25.9. The summed E-state index contributed by atoms with van der Waals surface area (Å²) in [5.74, 6) is -0.501. The number of hydrogen-bond donors (Lipinski definition) is 1. The first kappa shape index (κ1) is 15.8. The molecule has 1 aromatic carbocycles. The quantitative estimate of drug-likeness (QED) is 0.906. The molecule has 0 aromatic heterocycles. The second kappa shape index (κ2) is 6.91. The maximum Gasteiger partial charge on any atom is 0.229 e. The van der Waals surface area contributed by atoms with Crippen LogP contribution in [0.1, 0.15) is 13.3 Å². The van der Waals surface area contributed by atoms with Gasteiger partial charge in [-0.25, -0.2) is 0 Å². The summed E-state index contributed by atoms with van der Waals surface area (Å²) in [5, 5.41) is 3.36. The number of benzene rings is 1. The van der Waals surface area contributed by atoms with Crippen molar-refractivity contribution in [2.45, 2.75) is 19.4 Å². The van der Waals surface area contributed by atoms with E-state index in [0.717, 1.165) is 0 Å². The SMILES string of the molecule is COCC(C)N1CC(C(=O)Nc2cccc(Cl)c2)CC1=O. The number of amides is 2. The average molecular weight is 311 g/mol. The van der Waals surface area contributed by atoms with Gasteiger partial charge in [0.2, 0.25) is 11.8 Å². The van der Waals surface area contributed by atoms with E-state index in [1.165, 1.54) is 0 Å². The Morgan fingerprint density at radius 2 is 2.33 bits per heavy atom. The van der Waals surface area contributed by atoms with E-state index in [2.05, 4.69) is 5.32 Å². The molecule has 2 unspecified atom stereocenters. The third-order valence-corrected chi connectivity index (χ3v) is 3.80. The lowest BCUT2D eigenvalue weighted by Gasteiger charge is -2.23. The van der Waals surface area contributed by atoms with Gasteiger partial charge in [0, 0.05) is 30.8 Å². The molecule has 5 nitrogen and oxygen atoms in total. The zero-order chi connectivity index (χ0) is 15.4. The summed E-state index contributed by atoms with van der Waals surface area (Å²) in [6.45, 7) is 2.81. The Labute approximate surface area is 129 Å². The number of hydrogen-bond acceptors (Lipinski definition) is 3. The Balaban J connectivity index is 1.97. The van der Waals surface area contributed by atoms with E-state index in [4.69, 9.17) is 16.3 Å². The Hall–Kier alpha value is -1.59. The van der Waals surface area contributed by atoms with Gasteiger partial charge in [0.1, 0.15) is 0 Å². The van der Waals surface area contributed by atoms with Crippen LogP contribution in [0.15, 0.2) is 24.3 Å². The summed E-state index contributed by atoms with van der Waals surface area (Å²) in [6.07, 6.45) is 0.237. The summed E-state index contributed by atoms with van der Waals surface area (Å²) in [5.41, 5.74) is 0.642. The monoisotopic (exact) mass is 310 g/mol. The molecule has 114 valence electrons. The van der Waals surface area contributed by atoms with Crippen molar-refractivity contribution in [1.82, 2.24) is 4.90 Å². The van der Waals surface area contributed by atoms with Crippen LogP contribution in [0.4, 0.5) is 5.69 Å². The van der Waals surface area contributed by atoms with Crippen LogP contribution in [0.25, 0.3) is 0 Å². The number of nitrogens with one attached hydrogen (secondary N) is 1. The van der Waals surface area contributed by atoms with E-state index in [9.17, 15) is 9.59 Å². The molecule has 21 heavy (non-hydrogen) atoms. The third-order valence-electron chi connectivity index (χ3n) is 3.56. The van der Waals surface area contributed by atoms with Gasteiger partial charge in [0.25, 0.3) is 0 Å². The van der Waals surface area contributed by atoms with Crippen LogP contribution in [0.2, 0.25) is 5.02 Å². The van der Waals surface area contributed by atoms with Crippen molar-refractivity contribution in [3.8, 4) is 0 Å². The van der Waals surface area contributed by atoms with Crippen LogP contribution < -0.4 is 5.32 Å². The smallest absolute Gasteiger partial charge is 0.229 e. The molecule has 6 heteroatoms.